The average molecular weight is 392 g/mol. The highest BCUT2D eigenvalue weighted by Gasteiger charge is 2.23. The lowest BCUT2D eigenvalue weighted by Crippen LogP contribution is -2.37. The number of rotatable bonds is 6. The van der Waals surface area contributed by atoms with Crippen molar-refractivity contribution in [2.24, 2.45) is 9.98 Å². The van der Waals surface area contributed by atoms with E-state index in [1.807, 2.05) is 30.6 Å². The molecular weight excluding hydrogens is 370 g/mol. The third-order valence-electron chi connectivity index (χ3n) is 4.48. The Balaban J connectivity index is 1.62. The Kier molecular flexibility index (Phi) is 5.44. The molecule has 1 aromatic heterocycles. The van der Waals surface area contributed by atoms with Gasteiger partial charge >= 0.3 is 0 Å². The molecule has 0 radical (unpaired) electrons. The number of hydrogen-bond acceptors (Lipinski definition) is 8. The van der Waals surface area contributed by atoms with Gasteiger partial charge in [0, 0.05) is 24.4 Å². The lowest BCUT2D eigenvalue weighted by atomic mass is 10.1. The van der Waals surface area contributed by atoms with E-state index in [1.165, 1.54) is 0 Å². The molecule has 0 bridgehead atoms. The maximum atomic E-state index is 9.68. The van der Waals surface area contributed by atoms with Crippen LogP contribution in [0.3, 0.4) is 0 Å². The SMILES string of the molecule is CCCSNc1cccc(Nc2cc3c(cn2)N=CN2CCCN=C32)c1C#N. The second-order valence-corrected chi connectivity index (χ2v) is 7.40. The van der Waals surface area contributed by atoms with Crippen LogP contribution in [0.2, 0.25) is 0 Å². The Morgan fingerprint density at radius 3 is 3.07 bits per heavy atom. The molecule has 0 atom stereocenters. The van der Waals surface area contributed by atoms with Gasteiger partial charge < -0.3 is 14.9 Å². The average Bonchev–Trinajstić information content (AvgIpc) is 2.74. The minimum atomic E-state index is 0.570. The van der Waals surface area contributed by atoms with E-state index in [1.54, 1.807) is 18.1 Å². The Hall–Kier alpha value is -3.05. The third-order valence-corrected chi connectivity index (χ3v) is 5.45. The van der Waals surface area contributed by atoms with Crippen molar-refractivity contribution in [1.82, 2.24) is 9.88 Å². The van der Waals surface area contributed by atoms with Crippen LogP contribution in [0.15, 0.2) is 40.4 Å². The molecule has 0 saturated carbocycles. The summed E-state index contributed by atoms with van der Waals surface area (Å²) in [6.07, 6.45) is 5.67. The van der Waals surface area contributed by atoms with E-state index in [-0.39, 0.29) is 0 Å². The summed E-state index contributed by atoms with van der Waals surface area (Å²) < 4.78 is 3.27. The summed E-state index contributed by atoms with van der Waals surface area (Å²) in [7, 11) is 0. The van der Waals surface area contributed by atoms with E-state index in [4.69, 9.17) is 0 Å². The highest BCUT2D eigenvalue weighted by atomic mass is 32.2. The normalized spacial score (nSPS) is 14.6. The molecule has 4 rings (SSSR count). The number of nitrogens with one attached hydrogen (secondary N) is 2. The van der Waals surface area contributed by atoms with Gasteiger partial charge in [-0.05, 0) is 31.0 Å². The van der Waals surface area contributed by atoms with Crippen LogP contribution in [0, 0.1) is 11.3 Å². The zero-order valence-corrected chi connectivity index (χ0v) is 16.5. The minimum absolute atomic E-state index is 0.570. The van der Waals surface area contributed by atoms with Gasteiger partial charge in [-0.15, -0.1) is 0 Å². The summed E-state index contributed by atoms with van der Waals surface area (Å²) in [6, 6.07) is 9.98. The minimum Gasteiger partial charge on any atom is -0.339 e. The van der Waals surface area contributed by atoms with Crippen LogP contribution < -0.4 is 10.0 Å². The molecule has 0 amide bonds. The first-order valence-electron chi connectivity index (χ1n) is 9.34. The summed E-state index contributed by atoms with van der Waals surface area (Å²) in [5.41, 5.74) is 3.87. The predicted molar refractivity (Wildman–Crippen MR) is 116 cm³/mol. The van der Waals surface area contributed by atoms with Crippen LogP contribution in [0.1, 0.15) is 30.9 Å². The Bertz CT molecular complexity index is 977. The number of aromatic nitrogens is 1. The molecule has 8 heteroatoms. The molecule has 28 heavy (non-hydrogen) atoms. The number of anilines is 3. The van der Waals surface area contributed by atoms with Gasteiger partial charge in [0.25, 0.3) is 0 Å². The van der Waals surface area contributed by atoms with E-state index in [0.717, 1.165) is 60.1 Å². The van der Waals surface area contributed by atoms with Crippen LogP contribution >= 0.6 is 11.9 Å². The fraction of sp³-hybridized carbons (Fsp3) is 0.300. The van der Waals surface area contributed by atoms with Gasteiger partial charge in [-0.25, -0.2) is 9.98 Å². The van der Waals surface area contributed by atoms with Crippen molar-refractivity contribution in [2.45, 2.75) is 19.8 Å². The van der Waals surface area contributed by atoms with Crippen molar-refractivity contribution in [3.63, 3.8) is 0 Å². The summed E-state index contributed by atoms with van der Waals surface area (Å²) >= 11 is 1.60. The van der Waals surface area contributed by atoms with Gasteiger partial charge in [0.1, 0.15) is 17.7 Å². The predicted octanol–water partition coefficient (Wildman–Crippen LogP) is 4.29. The lowest BCUT2D eigenvalue weighted by Gasteiger charge is -2.29. The standard InChI is InChI=1S/C20H21N7S/c1-2-9-28-26-17-6-3-5-16(15(17)11-21)25-19-10-14-18(12-23-19)24-13-27-8-4-7-22-20(14)27/h3,5-6,10,12-13,26H,2,4,7-9H2,1H3,(H,23,25). The lowest BCUT2D eigenvalue weighted by molar-refractivity contribution is 0.558. The van der Waals surface area contributed by atoms with E-state index < -0.39 is 0 Å². The molecule has 0 aliphatic carbocycles. The fourth-order valence-corrected chi connectivity index (χ4v) is 3.77. The van der Waals surface area contributed by atoms with Crippen molar-refractivity contribution in [3.8, 4) is 6.07 Å². The number of hydrogen-bond donors (Lipinski definition) is 2. The Morgan fingerprint density at radius 2 is 2.21 bits per heavy atom. The van der Waals surface area contributed by atoms with Crippen LogP contribution in [0.4, 0.5) is 22.9 Å². The summed E-state index contributed by atoms with van der Waals surface area (Å²) in [5, 5.41) is 13.0. The molecule has 3 heterocycles. The molecular formula is C20H21N7S. The highest BCUT2D eigenvalue weighted by Crippen LogP contribution is 2.31. The largest absolute Gasteiger partial charge is 0.339 e. The molecule has 2 aliphatic rings. The molecule has 2 aromatic rings. The molecule has 0 saturated heterocycles. The molecule has 0 unspecified atom stereocenters. The number of nitrogens with zero attached hydrogens (tertiary/aromatic N) is 5. The first-order valence-corrected chi connectivity index (χ1v) is 10.3. The van der Waals surface area contributed by atoms with E-state index >= 15 is 0 Å². The van der Waals surface area contributed by atoms with Crippen molar-refractivity contribution in [1.29, 1.82) is 5.26 Å². The van der Waals surface area contributed by atoms with Crippen LogP contribution in [0.25, 0.3) is 0 Å². The van der Waals surface area contributed by atoms with E-state index in [9.17, 15) is 5.26 Å². The summed E-state index contributed by atoms with van der Waals surface area (Å²) in [4.78, 5) is 15.7. The van der Waals surface area contributed by atoms with Gasteiger partial charge in [0.2, 0.25) is 0 Å². The van der Waals surface area contributed by atoms with Crippen LogP contribution in [-0.2, 0) is 0 Å². The van der Waals surface area contributed by atoms with E-state index in [0.29, 0.717) is 11.4 Å². The number of pyridine rings is 1. The number of benzene rings is 1. The van der Waals surface area contributed by atoms with E-state index in [2.05, 4.69) is 42.9 Å². The van der Waals surface area contributed by atoms with Gasteiger partial charge in [-0.1, -0.05) is 24.9 Å². The number of nitriles is 1. The first-order chi connectivity index (χ1) is 13.8. The van der Waals surface area contributed by atoms with Gasteiger partial charge in [0.05, 0.1) is 35.2 Å². The zero-order chi connectivity index (χ0) is 19.3. The molecule has 7 nitrogen and oxygen atoms in total. The van der Waals surface area contributed by atoms with Crippen LogP contribution in [-0.4, -0.2) is 40.9 Å². The number of amidine groups is 1. The van der Waals surface area contributed by atoms with Gasteiger partial charge in [-0.2, -0.15) is 5.26 Å². The highest BCUT2D eigenvalue weighted by molar-refractivity contribution is 8.00. The quantitative estimate of drug-likeness (QED) is 0.564. The first kappa shape index (κ1) is 18.3. The summed E-state index contributed by atoms with van der Waals surface area (Å²) in [6.45, 7) is 3.88. The maximum absolute atomic E-state index is 9.68. The topological polar surface area (TPSA) is 88.7 Å². The smallest absolute Gasteiger partial charge is 0.138 e. The Labute approximate surface area is 168 Å². The molecule has 0 fully saturated rings. The van der Waals surface area contributed by atoms with Crippen LogP contribution in [0.5, 0.6) is 0 Å². The van der Waals surface area contributed by atoms with Crippen molar-refractivity contribution < 1.29 is 0 Å². The zero-order valence-electron chi connectivity index (χ0n) is 15.6. The molecule has 2 aliphatic heterocycles. The summed E-state index contributed by atoms with van der Waals surface area (Å²) in [5.74, 6) is 2.58. The van der Waals surface area contributed by atoms with Crippen molar-refractivity contribution >= 4 is 47.0 Å². The van der Waals surface area contributed by atoms with Gasteiger partial charge in [0.15, 0.2) is 0 Å². The molecule has 142 valence electrons. The number of aliphatic imine (C=N–C) groups is 2. The Morgan fingerprint density at radius 1 is 1.32 bits per heavy atom. The van der Waals surface area contributed by atoms with Gasteiger partial charge in [-0.3, -0.25) is 4.99 Å². The van der Waals surface area contributed by atoms with Crippen molar-refractivity contribution in [2.75, 3.05) is 28.9 Å². The fourth-order valence-electron chi connectivity index (χ4n) is 3.14. The monoisotopic (exact) mass is 391 g/mol. The third kappa shape index (κ3) is 3.66. The number of fused-ring (bicyclic) bond motifs is 3. The second-order valence-electron chi connectivity index (χ2n) is 6.50. The second kappa shape index (κ2) is 8.31. The maximum Gasteiger partial charge on any atom is 0.138 e. The molecule has 2 N–H and O–H groups in total. The molecule has 1 aromatic carbocycles. The van der Waals surface area contributed by atoms with Crippen molar-refractivity contribution in [3.05, 3.63) is 41.6 Å². The molecule has 0 spiro atoms.